The molecule has 0 aromatic heterocycles. The quantitative estimate of drug-likeness (QED) is 0.0693. The average Bonchev–Trinajstić information content (AvgIpc) is 2.83. The second-order valence-corrected chi connectivity index (χ2v) is 10.1. The van der Waals surface area contributed by atoms with Gasteiger partial charge >= 0.3 is 25.5 Å². The zero-order chi connectivity index (χ0) is 28.3. The summed E-state index contributed by atoms with van der Waals surface area (Å²) in [5.74, 6) is -3.98. The van der Waals surface area contributed by atoms with Crippen LogP contribution >= 0.6 is 23.5 Å². The predicted molar refractivity (Wildman–Crippen MR) is 131 cm³/mol. The van der Waals surface area contributed by atoms with Gasteiger partial charge in [0.1, 0.15) is 11.5 Å². The molecule has 0 aliphatic heterocycles. The van der Waals surface area contributed by atoms with Gasteiger partial charge in [0, 0.05) is 42.9 Å². The Morgan fingerprint density at radius 1 is 0.895 bits per heavy atom. The molecule has 0 saturated heterocycles. The van der Waals surface area contributed by atoms with E-state index in [0.29, 0.717) is 5.75 Å². The molecule has 1 atom stereocenters. The second-order valence-electron chi connectivity index (χ2n) is 7.11. The van der Waals surface area contributed by atoms with E-state index < -0.39 is 62.3 Å². The van der Waals surface area contributed by atoms with E-state index in [2.05, 4.69) is 25.4 Å². The molecule has 0 bridgehead atoms. The number of carbonyl (C=O) groups excluding carboxylic acids is 3. The van der Waals surface area contributed by atoms with Crippen LogP contribution in [0.2, 0.25) is 0 Å². The van der Waals surface area contributed by atoms with E-state index in [9.17, 15) is 29.1 Å². The number of benzene rings is 2. The summed E-state index contributed by atoms with van der Waals surface area (Å²) in [7, 11) is -4.69. The van der Waals surface area contributed by atoms with E-state index in [1.54, 1.807) is 24.3 Å². The molecule has 0 heterocycles. The predicted octanol–water partition coefficient (Wildman–Crippen LogP) is 4.95. The van der Waals surface area contributed by atoms with Crippen LogP contribution in [0.5, 0.6) is 11.5 Å². The van der Waals surface area contributed by atoms with Gasteiger partial charge in [-0.15, -0.1) is 0 Å². The maximum Gasteiger partial charge on any atom is 0.369 e. The summed E-state index contributed by atoms with van der Waals surface area (Å²) in [6, 6.07) is 9.85. The normalized spacial score (nSPS) is 11.8. The lowest BCUT2D eigenvalue weighted by Gasteiger charge is -2.27. The third kappa shape index (κ3) is 9.84. The third-order valence-corrected chi connectivity index (χ3v) is 6.74. The Morgan fingerprint density at radius 3 is 1.92 bits per heavy atom. The molecular formula is C22H23BrNO13P. The summed E-state index contributed by atoms with van der Waals surface area (Å²) in [6.45, 7) is 0.636. The van der Waals surface area contributed by atoms with Crippen LogP contribution in [0.25, 0.3) is 0 Å². The summed E-state index contributed by atoms with van der Waals surface area (Å²) in [5.41, 5.74) is -0.668. The molecule has 0 amide bonds. The first-order chi connectivity index (χ1) is 17.9. The first-order valence-electron chi connectivity index (χ1n) is 10.5. The monoisotopic (exact) mass is 619 g/mol. The fraction of sp³-hybridized carbons (Fsp3) is 0.318. The van der Waals surface area contributed by atoms with E-state index in [1.165, 1.54) is 6.07 Å². The van der Waals surface area contributed by atoms with Gasteiger partial charge in [0.15, 0.2) is 12.6 Å². The molecule has 1 unspecified atom stereocenters. The second kappa shape index (κ2) is 14.5. The Morgan fingerprint density at radius 2 is 1.42 bits per heavy atom. The highest BCUT2D eigenvalue weighted by molar-refractivity contribution is 9.10. The fourth-order valence-corrected chi connectivity index (χ4v) is 4.43. The molecular weight excluding hydrogens is 597 g/mol. The molecule has 0 fully saturated rings. The number of nitro benzene ring substituents is 1. The molecule has 0 spiro atoms. The van der Waals surface area contributed by atoms with Crippen LogP contribution in [-0.4, -0.2) is 43.2 Å². The van der Waals surface area contributed by atoms with Crippen molar-refractivity contribution in [2.75, 3.05) is 20.4 Å². The minimum absolute atomic E-state index is 0.0712. The maximum atomic E-state index is 14.0. The number of esters is 3. The molecule has 0 radical (unpaired) electrons. The largest absolute Gasteiger partial charge is 0.457 e. The number of non-ortho nitro benzene ring substituents is 1. The minimum atomic E-state index is -4.69. The van der Waals surface area contributed by atoms with Crippen LogP contribution in [0.15, 0.2) is 46.9 Å². The number of rotatable bonds is 14. The SMILES string of the molecule is CC(=O)OCOC(c1cc([N+](=O)[O-])ccc1Oc1ccc(Br)cc1)P(=O)(OCOC(C)=O)OCOC(C)=O. The molecule has 206 valence electrons. The Labute approximate surface area is 224 Å². The Bertz CT molecular complexity index is 1180. The van der Waals surface area contributed by atoms with Crippen molar-refractivity contribution >= 4 is 47.1 Å². The van der Waals surface area contributed by atoms with Crippen molar-refractivity contribution in [2.45, 2.75) is 26.6 Å². The van der Waals surface area contributed by atoms with Crippen LogP contribution in [0.3, 0.4) is 0 Å². The van der Waals surface area contributed by atoms with Gasteiger partial charge in [-0.25, -0.2) is 0 Å². The third-order valence-electron chi connectivity index (χ3n) is 4.28. The first kappa shape index (κ1) is 30.9. The molecule has 0 aliphatic carbocycles. The minimum Gasteiger partial charge on any atom is -0.457 e. The van der Waals surface area contributed by atoms with Crippen molar-refractivity contribution in [3.05, 3.63) is 62.6 Å². The van der Waals surface area contributed by atoms with Crippen molar-refractivity contribution < 1.29 is 56.6 Å². The molecule has 2 aromatic carbocycles. The van der Waals surface area contributed by atoms with Gasteiger partial charge in [-0.05, 0) is 30.3 Å². The Hall–Kier alpha value is -3.36. The van der Waals surface area contributed by atoms with Crippen molar-refractivity contribution in [3.63, 3.8) is 0 Å². The summed E-state index contributed by atoms with van der Waals surface area (Å²) >= 11 is 3.30. The lowest BCUT2D eigenvalue weighted by molar-refractivity contribution is -0.385. The van der Waals surface area contributed by atoms with Gasteiger partial charge in [0.25, 0.3) is 5.69 Å². The van der Waals surface area contributed by atoms with Crippen molar-refractivity contribution in [3.8, 4) is 11.5 Å². The molecule has 0 N–H and O–H groups in total. The van der Waals surface area contributed by atoms with Gasteiger partial charge in [0.05, 0.1) is 4.92 Å². The standard InChI is InChI=1S/C22H23BrNO13P/c1-14(25)31-11-34-22(38(30,35-12-32-15(2)26)36-13-33-16(3)27)20-10-18(24(28)29)6-9-21(20)37-19-7-4-17(23)5-8-19/h4-10,22H,11-13H2,1-3H3. The zero-order valence-electron chi connectivity index (χ0n) is 20.3. The van der Waals surface area contributed by atoms with Crippen LogP contribution in [0.4, 0.5) is 5.69 Å². The number of halogens is 1. The van der Waals surface area contributed by atoms with Crippen molar-refractivity contribution in [1.82, 2.24) is 0 Å². The molecule has 38 heavy (non-hydrogen) atoms. The van der Waals surface area contributed by atoms with E-state index in [-0.39, 0.29) is 11.3 Å². The van der Waals surface area contributed by atoms with Crippen LogP contribution in [-0.2, 0) is 46.9 Å². The van der Waals surface area contributed by atoms with Crippen LogP contribution in [0, 0.1) is 10.1 Å². The Balaban J connectivity index is 2.61. The lowest BCUT2D eigenvalue weighted by Crippen LogP contribution is -2.17. The van der Waals surface area contributed by atoms with Gasteiger partial charge < -0.3 is 23.7 Å². The van der Waals surface area contributed by atoms with Crippen LogP contribution in [0.1, 0.15) is 32.2 Å². The Kier molecular flexibility index (Phi) is 11.8. The number of carbonyl (C=O) groups is 3. The molecule has 2 aromatic rings. The molecule has 16 heteroatoms. The number of hydrogen-bond acceptors (Lipinski definition) is 13. The maximum absolute atomic E-state index is 14.0. The molecule has 0 saturated carbocycles. The highest BCUT2D eigenvalue weighted by atomic mass is 79.9. The van der Waals surface area contributed by atoms with Crippen molar-refractivity contribution in [2.24, 2.45) is 0 Å². The fourth-order valence-electron chi connectivity index (χ4n) is 2.64. The molecule has 14 nitrogen and oxygen atoms in total. The summed E-state index contributed by atoms with van der Waals surface area (Å²) < 4.78 is 50.7. The zero-order valence-corrected chi connectivity index (χ0v) is 22.8. The highest BCUT2D eigenvalue weighted by Crippen LogP contribution is 2.63. The average molecular weight is 620 g/mol. The van der Waals surface area contributed by atoms with Gasteiger partial charge in [-0.2, -0.15) is 0 Å². The van der Waals surface area contributed by atoms with E-state index in [1.807, 2.05) is 0 Å². The molecule has 2 rings (SSSR count). The van der Waals surface area contributed by atoms with E-state index in [0.717, 1.165) is 37.4 Å². The van der Waals surface area contributed by atoms with E-state index in [4.69, 9.17) is 23.3 Å². The van der Waals surface area contributed by atoms with Gasteiger partial charge in [-0.1, -0.05) is 15.9 Å². The van der Waals surface area contributed by atoms with Gasteiger partial charge in [-0.3, -0.25) is 38.1 Å². The number of hydrogen-bond donors (Lipinski definition) is 0. The summed E-state index contributed by atoms with van der Waals surface area (Å²) in [4.78, 5) is 44.6. The topological polar surface area (TPSA) is 176 Å². The van der Waals surface area contributed by atoms with Crippen molar-refractivity contribution in [1.29, 1.82) is 0 Å². The molecule has 0 aliphatic rings. The highest BCUT2D eigenvalue weighted by Gasteiger charge is 2.42. The summed E-state index contributed by atoms with van der Waals surface area (Å²) in [5, 5.41) is 11.5. The smallest absolute Gasteiger partial charge is 0.369 e. The van der Waals surface area contributed by atoms with E-state index >= 15 is 0 Å². The lowest BCUT2D eigenvalue weighted by atomic mass is 10.2. The van der Waals surface area contributed by atoms with Crippen LogP contribution < -0.4 is 4.74 Å². The first-order valence-corrected chi connectivity index (χ1v) is 12.9. The number of nitro groups is 1. The number of nitrogens with zero attached hydrogens (tertiary/aromatic N) is 1. The summed E-state index contributed by atoms with van der Waals surface area (Å²) in [6.07, 6.45) is 0. The number of ether oxygens (including phenoxy) is 5. The van der Waals surface area contributed by atoms with Gasteiger partial charge in [0.2, 0.25) is 13.6 Å².